The van der Waals surface area contributed by atoms with Crippen LogP contribution >= 0.6 is 11.6 Å². The zero-order chi connectivity index (χ0) is 21.4. The first-order valence-corrected chi connectivity index (χ1v) is 9.72. The van der Waals surface area contributed by atoms with Gasteiger partial charge in [0.15, 0.2) is 0 Å². The molecule has 0 unspecified atom stereocenters. The highest BCUT2D eigenvalue weighted by atomic mass is 35.5. The summed E-state index contributed by atoms with van der Waals surface area (Å²) in [6, 6.07) is 18.0. The second-order valence-electron chi connectivity index (χ2n) is 7.12. The second-order valence-corrected chi connectivity index (χ2v) is 7.56. The molecule has 1 N–H and O–H groups in total. The summed E-state index contributed by atoms with van der Waals surface area (Å²) >= 11 is 6.12. The van der Waals surface area contributed by atoms with E-state index in [0.29, 0.717) is 22.0 Å². The van der Waals surface area contributed by atoms with Crippen molar-refractivity contribution in [2.75, 3.05) is 10.2 Å². The number of benzene rings is 3. The summed E-state index contributed by atoms with van der Waals surface area (Å²) in [5.74, 6) is -1.41. The van der Waals surface area contributed by atoms with Crippen LogP contribution in [0.15, 0.2) is 72.4 Å². The Kier molecular flexibility index (Phi) is 5.14. The Morgan fingerprint density at radius 3 is 2.20 bits per heavy atom. The molecule has 3 aromatic carbocycles. The van der Waals surface area contributed by atoms with Crippen molar-refractivity contribution in [2.45, 2.75) is 13.8 Å². The number of imide groups is 1. The number of amides is 2. The van der Waals surface area contributed by atoms with Crippen molar-refractivity contribution in [3.63, 3.8) is 0 Å². The number of carbonyl (C=O) groups is 2. The molecule has 1 aliphatic rings. The standard InChI is InChI=1S/C24H18ClFN2O2/c1-14-3-11-19(12-4-14)27-22-21(16-6-9-18(26)10-7-16)23(29)28(24(22)30)20-13-17(25)8-5-15(20)2/h3-13,27H,1-2H3. The number of aryl methyl sites for hydroxylation is 2. The Balaban J connectivity index is 1.84. The predicted octanol–water partition coefficient (Wildman–Crippen LogP) is 5.49. The van der Waals surface area contributed by atoms with E-state index in [-0.39, 0.29) is 11.3 Å². The molecule has 0 aromatic heterocycles. The SMILES string of the molecule is Cc1ccc(NC2=C(c3ccc(F)cc3)C(=O)N(c3cc(Cl)ccc3C)C2=O)cc1. The van der Waals surface area contributed by atoms with Crippen molar-refractivity contribution in [2.24, 2.45) is 0 Å². The van der Waals surface area contributed by atoms with E-state index in [1.807, 2.05) is 31.2 Å². The first-order chi connectivity index (χ1) is 14.3. The summed E-state index contributed by atoms with van der Waals surface area (Å²) in [5.41, 5.74) is 3.65. The second kappa shape index (κ2) is 7.76. The van der Waals surface area contributed by atoms with Gasteiger partial charge in [0.1, 0.15) is 11.5 Å². The summed E-state index contributed by atoms with van der Waals surface area (Å²) in [6.07, 6.45) is 0. The molecule has 30 heavy (non-hydrogen) atoms. The van der Waals surface area contributed by atoms with Gasteiger partial charge in [-0.05, 0) is 61.4 Å². The average molecular weight is 421 g/mol. The molecule has 0 fully saturated rings. The zero-order valence-electron chi connectivity index (χ0n) is 16.4. The van der Waals surface area contributed by atoms with Gasteiger partial charge in [0.25, 0.3) is 11.8 Å². The quantitative estimate of drug-likeness (QED) is 0.567. The van der Waals surface area contributed by atoms with E-state index in [0.717, 1.165) is 16.0 Å². The van der Waals surface area contributed by atoms with Crippen molar-refractivity contribution in [3.05, 3.63) is 100.0 Å². The van der Waals surface area contributed by atoms with Crippen molar-refractivity contribution < 1.29 is 14.0 Å². The lowest BCUT2D eigenvalue weighted by atomic mass is 10.0. The lowest BCUT2D eigenvalue weighted by Crippen LogP contribution is -2.33. The maximum absolute atomic E-state index is 13.5. The van der Waals surface area contributed by atoms with Gasteiger partial charge in [0.2, 0.25) is 0 Å². The van der Waals surface area contributed by atoms with Crippen LogP contribution in [0, 0.1) is 19.7 Å². The molecular formula is C24H18ClFN2O2. The van der Waals surface area contributed by atoms with Crippen LogP contribution in [0.3, 0.4) is 0 Å². The van der Waals surface area contributed by atoms with Gasteiger partial charge in [-0.25, -0.2) is 9.29 Å². The summed E-state index contributed by atoms with van der Waals surface area (Å²) in [4.78, 5) is 27.9. The number of hydrogen-bond acceptors (Lipinski definition) is 3. The molecule has 0 atom stereocenters. The van der Waals surface area contributed by atoms with Crippen molar-refractivity contribution in [1.29, 1.82) is 0 Å². The third-order valence-corrected chi connectivity index (χ3v) is 5.18. The van der Waals surface area contributed by atoms with Gasteiger partial charge in [0.05, 0.1) is 11.3 Å². The molecule has 2 amide bonds. The lowest BCUT2D eigenvalue weighted by Gasteiger charge is -2.18. The molecule has 1 heterocycles. The van der Waals surface area contributed by atoms with E-state index in [2.05, 4.69) is 5.32 Å². The number of halogens is 2. The maximum atomic E-state index is 13.5. The molecule has 0 saturated heterocycles. The van der Waals surface area contributed by atoms with Gasteiger partial charge in [-0.1, -0.05) is 47.5 Å². The maximum Gasteiger partial charge on any atom is 0.282 e. The topological polar surface area (TPSA) is 49.4 Å². The molecule has 4 rings (SSSR count). The minimum absolute atomic E-state index is 0.134. The third-order valence-electron chi connectivity index (χ3n) is 4.95. The summed E-state index contributed by atoms with van der Waals surface area (Å²) < 4.78 is 13.5. The van der Waals surface area contributed by atoms with Crippen LogP contribution in [0.2, 0.25) is 5.02 Å². The van der Waals surface area contributed by atoms with Crippen molar-refractivity contribution >= 4 is 40.4 Å². The van der Waals surface area contributed by atoms with Crippen LogP contribution in [0.4, 0.5) is 15.8 Å². The highest BCUT2D eigenvalue weighted by molar-refractivity contribution is 6.46. The molecule has 0 radical (unpaired) electrons. The molecule has 6 heteroatoms. The third kappa shape index (κ3) is 3.60. The van der Waals surface area contributed by atoms with Crippen LogP contribution in [-0.4, -0.2) is 11.8 Å². The fourth-order valence-electron chi connectivity index (χ4n) is 3.35. The Hall–Kier alpha value is -3.44. The van der Waals surface area contributed by atoms with Crippen LogP contribution in [0.25, 0.3) is 5.57 Å². The Morgan fingerprint density at radius 2 is 1.53 bits per heavy atom. The Bertz CT molecular complexity index is 1180. The van der Waals surface area contributed by atoms with Crippen molar-refractivity contribution in [1.82, 2.24) is 0 Å². The highest BCUT2D eigenvalue weighted by Crippen LogP contribution is 2.36. The van der Waals surface area contributed by atoms with Gasteiger partial charge >= 0.3 is 0 Å². The van der Waals surface area contributed by atoms with Gasteiger partial charge < -0.3 is 5.32 Å². The van der Waals surface area contributed by atoms with Crippen molar-refractivity contribution in [3.8, 4) is 0 Å². The number of anilines is 2. The Morgan fingerprint density at radius 1 is 0.867 bits per heavy atom. The molecule has 3 aromatic rings. The first kappa shape index (κ1) is 19.9. The number of hydrogen-bond donors (Lipinski definition) is 1. The molecule has 4 nitrogen and oxygen atoms in total. The molecule has 0 aliphatic carbocycles. The van der Waals surface area contributed by atoms with E-state index >= 15 is 0 Å². The fourth-order valence-corrected chi connectivity index (χ4v) is 3.52. The minimum atomic E-state index is -0.495. The molecular weight excluding hydrogens is 403 g/mol. The first-order valence-electron chi connectivity index (χ1n) is 9.34. The molecule has 0 bridgehead atoms. The van der Waals surface area contributed by atoms with Crippen LogP contribution in [0.5, 0.6) is 0 Å². The normalized spacial score (nSPS) is 13.9. The molecule has 0 spiro atoms. The van der Waals surface area contributed by atoms with E-state index < -0.39 is 17.6 Å². The van der Waals surface area contributed by atoms with E-state index in [1.165, 1.54) is 24.3 Å². The number of nitrogens with one attached hydrogen (secondary N) is 1. The number of nitrogens with zero attached hydrogens (tertiary/aromatic N) is 1. The van der Waals surface area contributed by atoms with Gasteiger partial charge in [-0.3, -0.25) is 9.59 Å². The largest absolute Gasteiger partial charge is 0.350 e. The van der Waals surface area contributed by atoms with E-state index in [1.54, 1.807) is 25.1 Å². The minimum Gasteiger partial charge on any atom is -0.350 e. The summed E-state index contributed by atoms with van der Waals surface area (Å²) in [7, 11) is 0. The van der Waals surface area contributed by atoms with E-state index in [4.69, 9.17) is 11.6 Å². The van der Waals surface area contributed by atoms with E-state index in [9.17, 15) is 14.0 Å². The van der Waals surface area contributed by atoms with Crippen LogP contribution in [-0.2, 0) is 9.59 Å². The van der Waals surface area contributed by atoms with Crippen LogP contribution < -0.4 is 10.2 Å². The summed E-state index contributed by atoms with van der Waals surface area (Å²) in [5, 5.41) is 3.50. The molecule has 1 aliphatic heterocycles. The Labute approximate surface area is 178 Å². The predicted molar refractivity (Wildman–Crippen MR) is 117 cm³/mol. The molecule has 150 valence electrons. The van der Waals surface area contributed by atoms with Gasteiger partial charge in [0, 0.05) is 10.7 Å². The molecule has 0 saturated carbocycles. The number of carbonyl (C=O) groups excluding carboxylic acids is 2. The van der Waals surface area contributed by atoms with Gasteiger partial charge in [-0.15, -0.1) is 0 Å². The zero-order valence-corrected chi connectivity index (χ0v) is 17.1. The lowest BCUT2D eigenvalue weighted by molar-refractivity contribution is -0.120. The summed E-state index contributed by atoms with van der Waals surface area (Å²) in [6.45, 7) is 3.76. The van der Waals surface area contributed by atoms with Crippen LogP contribution in [0.1, 0.15) is 16.7 Å². The highest BCUT2D eigenvalue weighted by Gasteiger charge is 2.40. The fraction of sp³-hybridized carbons (Fsp3) is 0.0833. The van der Waals surface area contributed by atoms with Gasteiger partial charge in [-0.2, -0.15) is 0 Å². The smallest absolute Gasteiger partial charge is 0.282 e. The average Bonchev–Trinajstić information content (AvgIpc) is 2.96. The number of rotatable bonds is 4. The monoisotopic (exact) mass is 420 g/mol.